The molecule has 2 N–H and O–H groups in total. The SMILES string of the molecule is CCN(C(=O)c1sc2cnc(Cl)c(N(C)C)c2c1N)C1=CCC(Cl)C=C1. The number of pyridine rings is 1. The lowest BCUT2D eigenvalue weighted by atomic mass is 10.1. The Morgan fingerprint density at radius 3 is 2.77 bits per heavy atom. The molecule has 0 aromatic carbocycles. The summed E-state index contributed by atoms with van der Waals surface area (Å²) in [5.41, 5.74) is 8.39. The van der Waals surface area contributed by atoms with E-state index in [0.717, 1.165) is 21.5 Å². The average Bonchev–Trinajstić information content (AvgIpc) is 2.93. The van der Waals surface area contributed by atoms with Crippen LogP contribution in [-0.2, 0) is 0 Å². The van der Waals surface area contributed by atoms with Gasteiger partial charge in [0.05, 0.1) is 21.5 Å². The standard InChI is InChI=1S/C18H20Cl2N4OS/c1-4-24(11-7-5-10(19)6-8-11)18(25)16-14(21)13-12(26-16)9-22-17(20)15(13)23(2)3/h5,7-10H,4,6,21H2,1-3H3. The lowest BCUT2D eigenvalue weighted by Gasteiger charge is -2.24. The predicted molar refractivity (Wildman–Crippen MR) is 112 cm³/mol. The van der Waals surface area contributed by atoms with E-state index in [1.54, 1.807) is 11.1 Å². The minimum atomic E-state index is -0.129. The highest BCUT2D eigenvalue weighted by Gasteiger charge is 2.26. The van der Waals surface area contributed by atoms with Crippen LogP contribution in [-0.4, -0.2) is 41.8 Å². The number of nitrogen functional groups attached to an aromatic ring is 1. The first-order valence-corrected chi connectivity index (χ1v) is 9.86. The van der Waals surface area contributed by atoms with Gasteiger partial charge in [-0.15, -0.1) is 22.9 Å². The maximum atomic E-state index is 13.2. The minimum Gasteiger partial charge on any atom is -0.397 e. The number of thiophene rings is 1. The summed E-state index contributed by atoms with van der Waals surface area (Å²) in [5.74, 6) is -0.129. The van der Waals surface area contributed by atoms with Gasteiger partial charge in [0.25, 0.3) is 5.91 Å². The number of alkyl halides is 1. The van der Waals surface area contributed by atoms with Crippen molar-refractivity contribution in [3.05, 3.63) is 40.2 Å². The van der Waals surface area contributed by atoms with Crippen molar-refractivity contribution in [3.8, 4) is 0 Å². The van der Waals surface area contributed by atoms with Crippen molar-refractivity contribution in [1.29, 1.82) is 0 Å². The molecular formula is C18H20Cl2N4OS. The van der Waals surface area contributed by atoms with E-state index >= 15 is 0 Å². The number of hydrogen-bond acceptors (Lipinski definition) is 5. The van der Waals surface area contributed by atoms with Crippen LogP contribution in [0.25, 0.3) is 10.1 Å². The molecular weight excluding hydrogens is 391 g/mol. The molecule has 2 aromatic heterocycles. The first kappa shape index (κ1) is 19.0. The van der Waals surface area contributed by atoms with Gasteiger partial charge < -0.3 is 15.5 Å². The zero-order valence-corrected chi connectivity index (χ0v) is 17.1. The number of nitrogens with two attached hydrogens (primary N) is 1. The van der Waals surface area contributed by atoms with Gasteiger partial charge in [-0.2, -0.15) is 0 Å². The smallest absolute Gasteiger partial charge is 0.270 e. The highest BCUT2D eigenvalue weighted by atomic mass is 35.5. The number of fused-ring (bicyclic) bond motifs is 1. The second kappa shape index (κ2) is 7.47. The molecule has 2 heterocycles. The van der Waals surface area contributed by atoms with Crippen LogP contribution in [0, 0.1) is 0 Å². The fraction of sp³-hybridized carbons (Fsp3) is 0.333. The van der Waals surface area contributed by atoms with E-state index in [4.69, 9.17) is 28.9 Å². The summed E-state index contributed by atoms with van der Waals surface area (Å²) < 4.78 is 0.837. The molecule has 3 rings (SSSR count). The maximum Gasteiger partial charge on any atom is 0.270 e. The summed E-state index contributed by atoms with van der Waals surface area (Å²) >= 11 is 13.7. The summed E-state index contributed by atoms with van der Waals surface area (Å²) in [6.07, 6.45) is 8.12. The van der Waals surface area contributed by atoms with Gasteiger partial charge in [0.2, 0.25) is 0 Å². The van der Waals surface area contributed by atoms with Crippen LogP contribution in [0.5, 0.6) is 0 Å². The highest BCUT2D eigenvalue weighted by molar-refractivity contribution is 7.21. The lowest BCUT2D eigenvalue weighted by molar-refractivity contribution is 0.0822. The summed E-state index contributed by atoms with van der Waals surface area (Å²) in [4.78, 5) is 21.5. The highest BCUT2D eigenvalue weighted by Crippen LogP contribution is 2.42. The molecule has 0 fully saturated rings. The second-order valence-corrected chi connectivity index (χ2v) is 8.14. The number of rotatable bonds is 4. The third-order valence-corrected chi connectivity index (χ3v) is 5.97. The van der Waals surface area contributed by atoms with Crippen LogP contribution in [0.15, 0.2) is 30.1 Å². The topological polar surface area (TPSA) is 62.5 Å². The number of likely N-dealkylation sites (N-methyl/N-ethyl adjacent to an activating group) is 1. The number of nitrogens with zero attached hydrogens (tertiary/aromatic N) is 3. The Bertz CT molecular complexity index is 920. The van der Waals surface area contributed by atoms with Crippen LogP contribution >= 0.6 is 34.5 Å². The molecule has 2 aromatic rings. The molecule has 8 heteroatoms. The molecule has 1 aliphatic carbocycles. The zero-order valence-electron chi connectivity index (χ0n) is 14.8. The van der Waals surface area contributed by atoms with Gasteiger partial charge in [-0.1, -0.05) is 23.8 Å². The quantitative estimate of drug-likeness (QED) is 0.594. The van der Waals surface area contributed by atoms with E-state index < -0.39 is 0 Å². The first-order chi connectivity index (χ1) is 12.3. The van der Waals surface area contributed by atoms with E-state index in [2.05, 4.69) is 4.98 Å². The van der Waals surface area contributed by atoms with Crippen LogP contribution in [0.4, 0.5) is 11.4 Å². The molecule has 1 amide bonds. The largest absolute Gasteiger partial charge is 0.397 e. The fourth-order valence-electron chi connectivity index (χ4n) is 2.99. The van der Waals surface area contributed by atoms with Crippen molar-refractivity contribution < 1.29 is 4.79 Å². The van der Waals surface area contributed by atoms with Gasteiger partial charge in [-0.05, 0) is 19.4 Å². The van der Waals surface area contributed by atoms with Gasteiger partial charge in [0, 0.05) is 37.9 Å². The Balaban J connectivity index is 2.07. The Hall–Kier alpha value is -1.76. The zero-order chi connectivity index (χ0) is 19.0. The van der Waals surface area contributed by atoms with Gasteiger partial charge >= 0.3 is 0 Å². The third kappa shape index (κ3) is 3.29. The number of anilines is 2. The Kier molecular flexibility index (Phi) is 5.46. The molecule has 0 aliphatic heterocycles. The minimum absolute atomic E-state index is 0.0298. The van der Waals surface area contributed by atoms with Gasteiger partial charge in [0.15, 0.2) is 5.15 Å². The monoisotopic (exact) mass is 410 g/mol. The number of allylic oxidation sites excluding steroid dienone is 3. The Morgan fingerprint density at radius 1 is 1.46 bits per heavy atom. The van der Waals surface area contributed by atoms with Crippen molar-refractivity contribution in [2.75, 3.05) is 31.3 Å². The maximum absolute atomic E-state index is 13.2. The molecule has 0 spiro atoms. The van der Waals surface area contributed by atoms with Crippen molar-refractivity contribution in [2.45, 2.75) is 18.7 Å². The molecule has 1 aliphatic rings. The van der Waals surface area contributed by atoms with E-state index in [1.807, 2.05) is 44.1 Å². The summed E-state index contributed by atoms with van der Waals surface area (Å²) in [6, 6.07) is 0. The van der Waals surface area contributed by atoms with Crippen LogP contribution in [0.1, 0.15) is 23.0 Å². The molecule has 26 heavy (non-hydrogen) atoms. The van der Waals surface area contributed by atoms with E-state index in [9.17, 15) is 4.79 Å². The van der Waals surface area contributed by atoms with E-state index in [1.165, 1.54) is 11.3 Å². The first-order valence-electron chi connectivity index (χ1n) is 8.23. The predicted octanol–water partition coefficient (Wildman–Crippen LogP) is 4.51. The van der Waals surface area contributed by atoms with Crippen molar-refractivity contribution in [3.63, 3.8) is 0 Å². The normalized spacial score (nSPS) is 16.7. The molecule has 0 radical (unpaired) electrons. The molecule has 0 saturated heterocycles. The van der Waals surface area contributed by atoms with Gasteiger partial charge in [-0.3, -0.25) is 4.79 Å². The van der Waals surface area contributed by atoms with Crippen LogP contribution in [0.3, 0.4) is 0 Å². The Labute approximate surface area is 166 Å². The van der Waals surface area contributed by atoms with Gasteiger partial charge in [0.1, 0.15) is 4.88 Å². The third-order valence-electron chi connectivity index (χ3n) is 4.24. The molecule has 0 saturated carbocycles. The lowest BCUT2D eigenvalue weighted by Crippen LogP contribution is -2.30. The van der Waals surface area contributed by atoms with Crippen LogP contribution < -0.4 is 10.6 Å². The second-order valence-electron chi connectivity index (χ2n) is 6.17. The van der Waals surface area contributed by atoms with Gasteiger partial charge in [-0.25, -0.2) is 4.98 Å². The average molecular weight is 411 g/mol. The molecule has 138 valence electrons. The Morgan fingerprint density at radius 2 is 2.19 bits per heavy atom. The summed E-state index contributed by atoms with van der Waals surface area (Å²) in [7, 11) is 3.75. The van der Waals surface area contributed by atoms with Crippen molar-refractivity contribution in [2.24, 2.45) is 0 Å². The number of carbonyl (C=O) groups is 1. The molecule has 0 bridgehead atoms. The molecule has 5 nitrogen and oxygen atoms in total. The number of hydrogen-bond donors (Lipinski definition) is 1. The number of amides is 1. The molecule has 1 unspecified atom stereocenters. The van der Waals surface area contributed by atoms with Crippen LogP contribution in [0.2, 0.25) is 5.15 Å². The summed E-state index contributed by atoms with van der Waals surface area (Å²) in [5, 5.41) is 1.11. The van der Waals surface area contributed by atoms with Crippen molar-refractivity contribution >= 4 is 61.9 Å². The fourth-order valence-corrected chi connectivity index (χ4v) is 4.51. The van der Waals surface area contributed by atoms with Crippen molar-refractivity contribution in [1.82, 2.24) is 9.88 Å². The summed E-state index contributed by atoms with van der Waals surface area (Å²) in [6.45, 7) is 2.47. The number of carbonyl (C=O) groups excluding carboxylic acids is 1. The molecule has 1 atom stereocenters. The van der Waals surface area contributed by atoms with E-state index in [-0.39, 0.29) is 11.3 Å². The number of halogens is 2. The number of aromatic nitrogens is 1. The van der Waals surface area contributed by atoms with E-state index in [0.29, 0.717) is 28.7 Å².